The molecule has 3 N–H and O–H groups in total. The number of fused-ring (bicyclic) bond motifs is 1. The summed E-state index contributed by atoms with van der Waals surface area (Å²) in [7, 11) is 1.49. The third-order valence-electron chi connectivity index (χ3n) is 2.96. The van der Waals surface area contributed by atoms with Crippen LogP contribution in [0.5, 0.6) is 0 Å². The highest BCUT2D eigenvalue weighted by atomic mass is 35.5. The van der Waals surface area contributed by atoms with Gasteiger partial charge in [-0.3, -0.25) is 9.78 Å². The lowest BCUT2D eigenvalue weighted by Crippen LogP contribution is -2.39. The Bertz CT molecular complexity index is 646. The van der Waals surface area contributed by atoms with Gasteiger partial charge in [-0.2, -0.15) is 0 Å². The number of nitrogens with zero attached hydrogens (tertiary/aromatic N) is 1. The summed E-state index contributed by atoms with van der Waals surface area (Å²) in [6, 6.07) is 4.68. The van der Waals surface area contributed by atoms with E-state index in [0.29, 0.717) is 10.7 Å². The second-order valence-electron chi connectivity index (χ2n) is 4.50. The fraction of sp³-hybridized carbons (Fsp3) is 0.286. The van der Waals surface area contributed by atoms with Crippen LogP contribution in [-0.4, -0.2) is 30.6 Å². The summed E-state index contributed by atoms with van der Waals surface area (Å²) in [4.78, 5) is 16.3. The van der Waals surface area contributed by atoms with Crippen molar-refractivity contribution in [1.29, 1.82) is 0 Å². The minimum atomic E-state index is -0.746. The standard InChI is InChI=1S/C14H16ClN3O2/c1-8-6-10(15)13(9-4-3-5-17-12(8)9)18-14(19)11(16)7-20-2/h3-6,11H,7,16H2,1-2H3,(H,18,19). The average Bonchev–Trinajstić information content (AvgIpc) is 2.43. The van der Waals surface area contributed by atoms with Gasteiger partial charge in [0.15, 0.2) is 0 Å². The molecule has 1 aromatic carbocycles. The van der Waals surface area contributed by atoms with Crippen LogP contribution in [0.3, 0.4) is 0 Å². The van der Waals surface area contributed by atoms with Gasteiger partial charge in [-0.15, -0.1) is 0 Å². The van der Waals surface area contributed by atoms with Crippen molar-refractivity contribution in [1.82, 2.24) is 4.98 Å². The first kappa shape index (κ1) is 14.7. The molecule has 1 aromatic heterocycles. The number of benzene rings is 1. The van der Waals surface area contributed by atoms with E-state index in [4.69, 9.17) is 22.1 Å². The van der Waals surface area contributed by atoms with Crippen LogP contribution in [0.4, 0.5) is 5.69 Å². The third kappa shape index (κ3) is 2.90. The zero-order valence-electron chi connectivity index (χ0n) is 11.3. The Morgan fingerprint density at radius 1 is 1.60 bits per heavy atom. The average molecular weight is 294 g/mol. The number of nitrogens with one attached hydrogen (secondary N) is 1. The first-order chi connectivity index (χ1) is 9.54. The predicted octanol–water partition coefficient (Wildman–Crippen LogP) is 2.11. The molecular formula is C14H16ClN3O2. The quantitative estimate of drug-likeness (QED) is 0.905. The first-order valence-corrected chi connectivity index (χ1v) is 6.51. The van der Waals surface area contributed by atoms with Crippen LogP contribution in [0.1, 0.15) is 5.56 Å². The smallest absolute Gasteiger partial charge is 0.243 e. The molecule has 2 aromatic rings. The van der Waals surface area contributed by atoms with Crippen molar-refractivity contribution in [3.05, 3.63) is 35.0 Å². The Balaban J connectivity index is 2.42. The van der Waals surface area contributed by atoms with Gasteiger partial charge < -0.3 is 15.8 Å². The SMILES string of the molecule is COCC(N)C(=O)Nc1c(Cl)cc(C)c2ncccc12. The normalized spacial score (nSPS) is 12.4. The number of nitrogens with two attached hydrogens (primary N) is 1. The number of rotatable bonds is 4. The highest BCUT2D eigenvalue weighted by molar-refractivity contribution is 6.35. The Hall–Kier alpha value is -1.69. The summed E-state index contributed by atoms with van der Waals surface area (Å²) in [6.07, 6.45) is 1.70. The molecule has 0 fully saturated rings. The highest BCUT2D eigenvalue weighted by Gasteiger charge is 2.17. The molecule has 1 atom stereocenters. The lowest BCUT2D eigenvalue weighted by molar-refractivity contribution is -0.118. The van der Waals surface area contributed by atoms with Crippen LogP contribution < -0.4 is 11.1 Å². The molecule has 0 aliphatic rings. The number of carbonyl (C=O) groups is 1. The molecule has 0 radical (unpaired) electrons. The largest absolute Gasteiger partial charge is 0.383 e. The molecule has 6 heteroatoms. The molecule has 0 spiro atoms. The van der Waals surface area contributed by atoms with Crippen LogP contribution in [0.2, 0.25) is 5.02 Å². The van der Waals surface area contributed by atoms with Gasteiger partial charge in [0.2, 0.25) is 5.91 Å². The van der Waals surface area contributed by atoms with Gasteiger partial charge in [0.1, 0.15) is 6.04 Å². The number of hydrogen-bond donors (Lipinski definition) is 2. The number of pyridine rings is 1. The zero-order chi connectivity index (χ0) is 14.7. The molecule has 0 aliphatic carbocycles. The van der Waals surface area contributed by atoms with Gasteiger partial charge in [-0.1, -0.05) is 11.6 Å². The van der Waals surface area contributed by atoms with Gasteiger partial charge in [0, 0.05) is 18.7 Å². The monoisotopic (exact) mass is 293 g/mol. The summed E-state index contributed by atoms with van der Waals surface area (Å²) >= 11 is 6.22. The summed E-state index contributed by atoms with van der Waals surface area (Å²) in [6.45, 7) is 2.06. The number of carbonyl (C=O) groups excluding carboxylic acids is 1. The van der Waals surface area contributed by atoms with E-state index in [0.717, 1.165) is 16.5 Å². The van der Waals surface area contributed by atoms with E-state index in [9.17, 15) is 4.79 Å². The number of anilines is 1. The second kappa shape index (κ2) is 6.17. The van der Waals surface area contributed by atoms with E-state index in [1.54, 1.807) is 18.3 Å². The van der Waals surface area contributed by atoms with Gasteiger partial charge in [0.05, 0.1) is 22.8 Å². The van der Waals surface area contributed by atoms with E-state index in [-0.39, 0.29) is 12.5 Å². The molecule has 2 rings (SSSR count). The van der Waals surface area contributed by atoms with Crippen LogP contribution in [0, 0.1) is 6.92 Å². The molecule has 0 saturated carbocycles. The lowest BCUT2D eigenvalue weighted by Gasteiger charge is -2.15. The molecule has 0 aliphatic heterocycles. The molecule has 20 heavy (non-hydrogen) atoms. The predicted molar refractivity (Wildman–Crippen MR) is 80.0 cm³/mol. The molecule has 1 amide bonds. The Morgan fingerprint density at radius 3 is 3.05 bits per heavy atom. The van der Waals surface area contributed by atoms with Crippen LogP contribution in [0.25, 0.3) is 10.9 Å². The zero-order valence-corrected chi connectivity index (χ0v) is 12.1. The van der Waals surface area contributed by atoms with Crippen molar-refractivity contribution in [2.45, 2.75) is 13.0 Å². The Kier molecular flexibility index (Phi) is 4.54. The summed E-state index contributed by atoms with van der Waals surface area (Å²) in [5, 5.41) is 4.00. The van der Waals surface area contributed by atoms with Crippen LogP contribution in [0.15, 0.2) is 24.4 Å². The first-order valence-electron chi connectivity index (χ1n) is 6.13. The van der Waals surface area contributed by atoms with Crippen molar-refractivity contribution in [2.75, 3.05) is 19.0 Å². The van der Waals surface area contributed by atoms with Crippen LogP contribution >= 0.6 is 11.6 Å². The van der Waals surface area contributed by atoms with Crippen molar-refractivity contribution >= 4 is 34.1 Å². The number of halogens is 1. The van der Waals surface area contributed by atoms with E-state index in [1.807, 2.05) is 13.0 Å². The Labute approximate surface area is 122 Å². The highest BCUT2D eigenvalue weighted by Crippen LogP contribution is 2.32. The minimum Gasteiger partial charge on any atom is -0.383 e. The molecule has 0 saturated heterocycles. The minimum absolute atomic E-state index is 0.144. The van der Waals surface area contributed by atoms with Crippen molar-refractivity contribution in [3.8, 4) is 0 Å². The maximum Gasteiger partial charge on any atom is 0.243 e. The maximum atomic E-state index is 12.0. The fourth-order valence-corrected chi connectivity index (χ4v) is 2.29. The van der Waals surface area contributed by atoms with Crippen LogP contribution in [-0.2, 0) is 9.53 Å². The molecule has 1 heterocycles. The van der Waals surface area contributed by atoms with Gasteiger partial charge in [0.25, 0.3) is 0 Å². The number of hydrogen-bond acceptors (Lipinski definition) is 4. The van der Waals surface area contributed by atoms with E-state index >= 15 is 0 Å². The fourth-order valence-electron chi connectivity index (χ4n) is 1.98. The lowest BCUT2D eigenvalue weighted by atomic mass is 10.1. The number of methoxy groups -OCH3 is 1. The van der Waals surface area contributed by atoms with E-state index < -0.39 is 6.04 Å². The van der Waals surface area contributed by atoms with E-state index in [2.05, 4.69) is 10.3 Å². The maximum absolute atomic E-state index is 12.0. The Morgan fingerprint density at radius 2 is 2.35 bits per heavy atom. The molecule has 106 valence electrons. The summed E-state index contributed by atoms with van der Waals surface area (Å²) < 4.78 is 4.87. The number of ether oxygens (including phenoxy) is 1. The van der Waals surface area contributed by atoms with Crippen molar-refractivity contribution in [2.24, 2.45) is 5.73 Å². The van der Waals surface area contributed by atoms with Crippen molar-refractivity contribution in [3.63, 3.8) is 0 Å². The molecular weight excluding hydrogens is 278 g/mol. The van der Waals surface area contributed by atoms with Crippen molar-refractivity contribution < 1.29 is 9.53 Å². The summed E-state index contributed by atoms with van der Waals surface area (Å²) in [5.74, 6) is -0.345. The third-order valence-corrected chi connectivity index (χ3v) is 3.26. The summed E-state index contributed by atoms with van der Waals surface area (Å²) in [5.41, 5.74) is 7.98. The number of amides is 1. The van der Waals surface area contributed by atoms with Gasteiger partial charge in [-0.05, 0) is 30.7 Å². The molecule has 1 unspecified atom stereocenters. The molecule has 0 bridgehead atoms. The van der Waals surface area contributed by atoms with Gasteiger partial charge >= 0.3 is 0 Å². The number of aromatic nitrogens is 1. The van der Waals surface area contributed by atoms with Gasteiger partial charge in [-0.25, -0.2) is 0 Å². The number of aryl methyl sites for hydroxylation is 1. The molecule has 5 nitrogen and oxygen atoms in total. The topological polar surface area (TPSA) is 77.2 Å². The van der Waals surface area contributed by atoms with E-state index in [1.165, 1.54) is 7.11 Å². The second-order valence-corrected chi connectivity index (χ2v) is 4.91.